The summed E-state index contributed by atoms with van der Waals surface area (Å²) in [5.74, 6) is 1.45. The Balaban J connectivity index is 2.58. The molecular formula is C14H22N2O3. The summed E-state index contributed by atoms with van der Waals surface area (Å²) in [7, 11) is 3.20. The summed E-state index contributed by atoms with van der Waals surface area (Å²) in [6.07, 6.45) is 1.12. The van der Waals surface area contributed by atoms with E-state index in [0.717, 1.165) is 17.1 Å². The summed E-state index contributed by atoms with van der Waals surface area (Å²) in [6, 6.07) is 5.53. The minimum Gasteiger partial charge on any atom is -0.497 e. The van der Waals surface area contributed by atoms with Gasteiger partial charge in [0, 0.05) is 24.6 Å². The number of hydrogen-bond donors (Lipinski definition) is 2. The van der Waals surface area contributed by atoms with E-state index in [1.165, 1.54) is 0 Å². The highest BCUT2D eigenvalue weighted by molar-refractivity contribution is 5.76. The molecule has 1 aromatic carbocycles. The third-order valence-electron chi connectivity index (χ3n) is 2.79. The molecule has 5 heteroatoms. The van der Waals surface area contributed by atoms with E-state index in [9.17, 15) is 4.79 Å². The van der Waals surface area contributed by atoms with Gasteiger partial charge in [-0.1, -0.05) is 0 Å². The Hall–Kier alpha value is -1.75. The zero-order chi connectivity index (χ0) is 14.3. The van der Waals surface area contributed by atoms with Gasteiger partial charge in [0.05, 0.1) is 14.2 Å². The molecule has 5 nitrogen and oxygen atoms in total. The largest absolute Gasteiger partial charge is 0.497 e. The number of nitrogens with one attached hydrogen (secondary N) is 1. The lowest BCUT2D eigenvalue weighted by molar-refractivity contribution is -0.121. The topological polar surface area (TPSA) is 73.6 Å². The van der Waals surface area contributed by atoms with Crippen molar-refractivity contribution < 1.29 is 14.3 Å². The Morgan fingerprint density at radius 3 is 2.68 bits per heavy atom. The molecule has 1 amide bonds. The highest BCUT2D eigenvalue weighted by atomic mass is 16.5. The van der Waals surface area contributed by atoms with Gasteiger partial charge >= 0.3 is 0 Å². The maximum Gasteiger partial charge on any atom is 0.220 e. The summed E-state index contributed by atoms with van der Waals surface area (Å²) in [5, 5.41) is 2.85. The average molecular weight is 266 g/mol. The van der Waals surface area contributed by atoms with Crippen molar-refractivity contribution in [2.75, 3.05) is 14.2 Å². The molecular weight excluding hydrogens is 244 g/mol. The smallest absolute Gasteiger partial charge is 0.220 e. The van der Waals surface area contributed by atoms with Gasteiger partial charge in [-0.2, -0.15) is 0 Å². The lowest BCUT2D eigenvalue weighted by Gasteiger charge is -2.12. The van der Waals surface area contributed by atoms with Crippen molar-refractivity contribution in [3.05, 3.63) is 23.8 Å². The normalized spacial score (nSPS) is 11.8. The van der Waals surface area contributed by atoms with Crippen molar-refractivity contribution in [2.24, 2.45) is 5.73 Å². The van der Waals surface area contributed by atoms with Crippen molar-refractivity contribution >= 4 is 5.91 Å². The van der Waals surface area contributed by atoms with Crippen LogP contribution in [0.5, 0.6) is 11.5 Å². The summed E-state index contributed by atoms with van der Waals surface area (Å²) in [4.78, 5) is 11.6. The van der Waals surface area contributed by atoms with Gasteiger partial charge in [0.25, 0.3) is 0 Å². The Kier molecular flexibility index (Phi) is 6.15. The Morgan fingerprint density at radius 1 is 1.37 bits per heavy atom. The first-order valence-corrected chi connectivity index (χ1v) is 6.30. The van der Waals surface area contributed by atoms with Crippen molar-refractivity contribution in [2.45, 2.75) is 32.4 Å². The van der Waals surface area contributed by atoms with E-state index in [1.54, 1.807) is 14.2 Å². The van der Waals surface area contributed by atoms with Gasteiger partial charge in [0.15, 0.2) is 0 Å². The number of benzene rings is 1. The molecule has 0 heterocycles. The molecule has 1 aromatic rings. The van der Waals surface area contributed by atoms with Crippen LogP contribution in [-0.4, -0.2) is 26.2 Å². The second kappa shape index (κ2) is 7.63. The molecule has 19 heavy (non-hydrogen) atoms. The van der Waals surface area contributed by atoms with E-state index >= 15 is 0 Å². The van der Waals surface area contributed by atoms with Crippen molar-refractivity contribution in [1.29, 1.82) is 0 Å². The molecule has 0 saturated heterocycles. The van der Waals surface area contributed by atoms with E-state index in [4.69, 9.17) is 15.2 Å². The number of rotatable bonds is 7. The van der Waals surface area contributed by atoms with Crippen LogP contribution in [0.15, 0.2) is 18.2 Å². The van der Waals surface area contributed by atoms with E-state index in [0.29, 0.717) is 19.4 Å². The second-order valence-electron chi connectivity index (χ2n) is 4.47. The molecule has 1 rings (SSSR count). The SMILES string of the molecule is COc1ccc(OC)c(CNC(=O)CCC(C)N)c1. The molecule has 1 unspecified atom stereocenters. The molecule has 0 fully saturated rings. The van der Waals surface area contributed by atoms with Crippen LogP contribution in [0.25, 0.3) is 0 Å². The van der Waals surface area contributed by atoms with Crippen LogP contribution in [0, 0.1) is 0 Å². The number of nitrogens with two attached hydrogens (primary N) is 1. The molecule has 0 radical (unpaired) electrons. The monoisotopic (exact) mass is 266 g/mol. The summed E-state index contributed by atoms with van der Waals surface area (Å²) in [5.41, 5.74) is 6.50. The molecule has 0 aliphatic carbocycles. The lowest BCUT2D eigenvalue weighted by atomic mass is 10.1. The van der Waals surface area contributed by atoms with Gasteiger partial charge in [0.1, 0.15) is 11.5 Å². The first-order chi connectivity index (χ1) is 9.06. The highest BCUT2D eigenvalue weighted by Crippen LogP contribution is 2.23. The van der Waals surface area contributed by atoms with Crippen LogP contribution < -0.4 is 20.5 Å². The van der Waals surface area contributed by atoms with Crippen molar-refractivity contribution in [3.63, 3.8) is 0 Å². The minimum absolute atomic E-state index is 0.0119. The van der Waals surface area contributed by atoms with Crippen LogP contribution in [-0.2, 0) is 11.3 Å². The first-order valence-electron chi connectivity index (χ1n) is 6.30. The second-order valence-corrected chi connectivity index (χ2v) is 4.47. The molecule has 3 N–H and O–H groups in total. The van der Waals surface area contributed by atoms with Crippen molar-refractivity contribution in [1.82, 2.24) is 5.32 Å². The Labute approximate surface area is 114 Å². The van der Waals surface area contributed by atoms with Gasteiger partial charge in [0.2, 0.25) is 5.91 Å². The van der Waals surface area contributed by atoms with Crippen LogP contribution in [0.4, 0.5) is 0 Å². The number of ether oxygens (including phenoxy) is 2. The van der Waals surface area contributed by atoms with Gasteiger partial charge in [-0.05, 0) is 31.5 Å². The highest BCUT2D eigenvalue weighted by Gasteiger charge is 2.08. The number of carbonyl (C=O) groups is 1. The minimum atomic E-state index is -0.0119. The molecule has 0 spiro atoms. The fourth-order valence-electron chi connectivity index (χ4n) is 1.66. The average Bonchev–Trinajstić information content (AvgIpc) is 2.42. The van der Waals surface area contributed by atoms with E-state index in [1.807, 2.05) is 25.1 Å². The Morgan fingerprint density at radius 2 is 2.11 bits per heavy atom. The molecule has 0 saturated carbocycles. The zero-order valence-electron chi connectivity index (χ0n) is 11.7. The predicted molar refractivity (Wildman–Crippen MR) is 74.3 cm³/mol. The van der Waals surface area contributed by atoms with Crippen LogP contribution in [0.2, 0.25) is 0 Å². The number of hydrogen-bond acceptors (Lipinski definition) is 4. The molecule has 0 aromatic heterocycles. The zero-order valence-corrected chi connectivity index (χ0v) is 11.7. The summed E-state index contributed by atoms with van der Waals surface area (Å²) < 4.78 is 10.4. The Bertz CT molecular complexity index is 419. The molecule has 0 aliphatic rings. The quantitative estimate of drug-likeness (QED) is 0.783. The number of amides is 1. The molecule has 0 bridgehead atoms. The summed E-state index contributed by atoms with van der Waals surface area (Å²) in [6.45, 7) is 2.30. The van der Waals surface area contributed by atoms with E-state index in [2.05, 4.69) is 5.32 Å². The predicted octanol–water partition coefficient (Wildman–Crippen LogP) is 1.45. The number of carbonyl (C=O) groups excluding carboxylic acids is 1. The van der Waals surface area contributed by atoms with E-state index in [-0.39, 0.29) is 11.9 Å². The summed E-state index contributed by atoms with van der Waals surface area (Å²) >= 11 is 0. The molecule has 106 valence electrons. The fourth-order valence-corrected chi connectivity index (χ4v) is 1.66. The van der Waals surface area contributed by atoms with Gasteiger partial charge in [-0.15, -0.1) is 0 Å². The van der Waals surface area contributed by atoms with E-state index < -0.39 is 0 Å². The standard InChI is InChI=1S/C14H22N2O3/c1-10(15)4-7-14(17)16-9-11-8-12(18-2)5-6-13(11)19-3/h5-6,8,10H,4,7,9,15H2,1-3H3,(H,16,17). The van der Waals surface area contributed by atoms with Crippen LogP contribution >= 0.6 is 0 Å². The third-order valence-corrected chi connectivity index (χ3v) is 2.79. The van der Waals surface area contributed by atoms with Crippen LogP contribution in [0.3, 0.4) is 0 Å². The van der Waals surface area contributed by atoms with Gasteiger partial charge in [-0.3, -0.25) is 4.79 Å². The number of methoxy groups -OCH3 is 2. The molecule has 0 aliphatic heterocycles. The van der Waals surface area contributed by atoms with Crippen LogP contribution in [0.1, 0.15) is 25.3 Å². The van der Waals surface area contributed by atoms with Crippen molar-refractivity contribution in [3.8, 4) is 11.5 Å². The van der Waals surface area contributed by atoms with Gasteiger partial charge in [-0.25, -0.2) is 0 Å². The fraction of sp³-hybridized carbons (Fsp3) is 0.500. The maximum absolute atomic E-state index is 11.6. The maximum atomic E-state index is 11.6. The first kappa shape index (κ1) is 15.3. The molecule has 1 atom stereocenters. The third kappa shape index (κ3) is 5.18. The lowest BCUT2D eigenvalue weighted by Crippen LogP contribution is -2.25. The van der Waals surface area contributed by atoms with Gasteiger partial charge < -0.3 is 20.5 Å².